The fourth-order valence-corrected chi connectivity index (χ4v) is 5.52. The first-order valence-electron chi connectivity index (χ1n) is 8.62. The summed E-state index contributed by atoms with van der Waals surface area (Å²) < 4.78 is 34.3. The van der Waals surface area contributed by atoms with Crippen molar-refractivity contribution in [3.63, 3.8) is 0 Å². The molecule has 4 nitrogen and oxygen atoms in total. The van der Waals surface area contributed by atoms with E-state index in [-0.39, 0.29) is 0 Å². The number of methoxy groups -OCH3 is 1. The molecule has 0 saturated heterocycles. The molecule has 3 aromatic rings. The summed E-state index contributed by atoms with van der Waals surface area (Å²) in [6.07, 6.45) is 2.03. The molecule has 3 aromatic carbocycles. The molecule has 0 atom stereocenters. The van der Waals surface area contributed by atoms with Gasteiger partial charge in [-0.25, -0.2) is 8.42 Å². The van der Waals surface area contributed by atoms with Crippen molar-refractivity contribution in [2.24, 2.45) is 0 Å². The quantitative estimate of drug-likeness (QED) is 0.745. The number of anilines is 1. The fourth-order valence-electron chi connectivity index (χ4n) is 3.98. The minimum absolute atomic E-state index is 0.307. The predicted octanol–water partition coefficient (Wildman–Crippen LogP) is 4.36. The lowest BCUT2D eigenvalue weighted by Crippen LogP contribution is -2.16. The van der Waals surface area contributed by atoms with Crippen LogP contribution >= 0.6 is 0 Å². The van der Waals surface area contributed by atoms with Gasteiger partial charge in [0.15, 0.2) is 0 Å². The summed E-state index contributed by atoms with van der Waals surface area (Å²) in [6, 6.07) is 13.5. The molecule has 0 fully saturated rings. The van der Waals surface area contributed by atoms with Crippen LogP contribution in [0.3, 0.4) is 0 Å². The van der Waals surface area contributed by atoms with Crippen LogP contribution in [-0.2, 0) is 22.9 Å². The maximum Gasteiger partial charge on any atom is 0.262 e. The Morgan fingerprint density at radius 1 is 0.962 bits per heavy atom. The number of hydrogen-bond donors (Lipinski definition) is 1. The molecule has 5 heteroatoms. The average Bonchev–Trinajstić information content (AvgIpc) is 3.01. The zero-order valence-corrected chi connectivity index (χ0v) is 15.9. The van der Waals surface area contributed by atoms with Gasteiger partial charge in [0.25, 0.3) is 10.0 Å². The second-order valence-electron chi connectivity index (χ2n) is 6.81. The van der Waals surface area contributed by atoms with Crippen molar-refractivity contribution in [1.82, 2.24) is 0 Å². The number of rotatable bonds is 4. The van der Waals surface area contributed by atoms with Crippen LogP contribution in [-0.4, -0.2) is 15.5 Å². The van der Waals surface area contributed by atoms with Gasteiger partial charge in [0.2, 0.25) is 0 Å². The number of benzene rings is 3. The molecular weight excluding hydrogens is 346 g/mol. The second-order valence-corrected chi connectivity index (χ2v) is 8.43. The standard InChI is InChI=1S/C21H21NO3S/c1-13-11-17(25-3)12-14(2)21(13)26(23,24)22-19-10-9-16-8-7-15-5-4-6-18(19)20(15)16/h4-6,9-12,22H,7-8H2,1-3H3. The van der Waals surface area contributed by atoms with Crippen molar-refractivity contribution in [2.75, 3.05) is 11.8 Å². The molecule has 4 rings (SSSR count). The highest BCUT2D eigenvalue weighted by Gasteiger charge is 2.23. The first-order valence-corrected chi connectivity index (χ1v) is 10.1. The van der Waals surface area contributed by atoms with E-state index in [9.17, 15) is 8.42 Å². The molecular formula is C21H21NO3S. The highest BCUT2D eigenvalue weighted by atomic mass is 32.2. The molecule has 26 heavy (non-hydrogen) atoms. The van der Waals surface area contributed by atoms with Crippen molar-refractivity contribution in [2.45, 2.75) is 31.6 Å². The van der Waals surface area contributed by atoms with E-state index in [2.05, 4.69) is 10.8 Å². The molecule has 0 aromatic heterocycles. The summed E-state index contributed by atoms with van der Waals surface area (Å²) in [5.41, 5.74) is 4.54. The number of nitrogens with one attached hydrogen (secondary N) is 1. The van der Waals surface area contributed by atoms with Crippen LogP contribution in [0.5, 0.6) is 5.75 Å². The Labute approximate surface area is 153 Å². The smallest absolute Gasteiger partial charge is 0.262 e. The molecule has 1 N–H and O–H groups in total. The molecule has 0 spiro atoms. The van der Waals surface area contributed by atoms with Crippen molar-refractivity contribution in [3.05, 3.63) is 64.7 Å². The van der Waals surface area contributed by atoms with Gasteiger partial charge in [-0.15, -0.1) is 0 Å². The SMILES string of the molecule is COc1cc(C)c(S(=O)(=O)Nc2ccc3c4c(cccc24)CC3)c(C)c1. The lowest BCUT2D eigenvalue weighted by atomic mass is 10.0. The molecule has 0 radical (unpaired) electrons. The summed E-state index contributed by atoms with van der Waals surface area (Å²) in [5, 5.41) is 2.15. The van der Waals surface area contributed by atoms with Gasteiger partial charge in [-0.1, -0.05) is 24.3 Å². The molecule has 0 aliphatic heterocycles. The first kappa shape index (κ1) is 16.9. The minimum Gasteiger partial charge on any atom is -0.497 e. The monoisotopic (exact) mass is 367 g/mol. The van der Waals surface area contributed by atoms with Gasteiger partial charge in [0.05, 0.1) is 17.7 Å². The summed E-state index contributed by atoms with van der Waals surface area (Å²) in [7, 11) is -2.13. The maximum atomic E-state index is 13.1. The molecule has 1 aliphatic rings. The van der Waals surface area contributed by atoms with Crippen molar-refractivity contribution in [3.8, 4) is 5.75 Å². The van der Waals surface area contributed by atoms with E-state index in [0.717, 1.165) is 18.2 Å². The Bertz CT molecular complexity index is 1100. The highest BCUT2D eigenvalue weighted by molar-refractivity contribution is 7.92. The van der Waals surface area contributed by atoms with E-state index in [1.807, 2.05) is 24.3 Å². The van der Waals surface area contributed by atoms with E-state index in [1.165, 1.54) is 16.5 Å². The largest absolute Gasteiger partial charge is 0.497 e. The Hall–Kier alpha value is -2.53. The Morgan fingerprint density at radius 2 is 1.62 bits per heavy atom. The first-order chi connectivity index (χ1) is 12.4. The van der Waals surface area contributed by atoms with Gasteiger partial charge < -0.3 is 4.74 Å². The van der Waals surface area contributed by atoms with Crippen molar-refractivity contribution >= 4 is 26.5 Å². The van der Waals surface area contributed by atoms with Gasteiger partial charge in [0.1, 0.15) is 5.75 Å². The summed E-state index contributed by atoms with van der Waals surface area (Å²) in [6.45, 7) is 3.58. The van der Waals surface area contributed by atoms with E-state index in [0.29, 0.717) is 27.5 Å². The Kier molecular flexibility index (Phi) is 3.92. The normalized spacial score (nSPS) is 13.2. The summed E-state index contributed by atoms with van der Waals surface area (Å²) in [4.78, 5) is 0.307. The second kappa shape index (κ2) is 6.02. The molecule has 1 aliphatic carbocycles. The van der Waals surface area contributed by atoms with Crippen LogP contribution in [0.15, 0.2) is 47.4 Å². The van der Waals surface area contributed by atoms with Gasteiger partial charge >= 0.3 is 0 Å². The topological polar surface area (TPSA) is 55.4 Å². The zero-order chi connectivity index (χ0) is 18.5. The lowest BCUT2D eigenvalue weighted by Gasteiger charge is -2.16. The third-order valence-electron chi connectivity index (χ3n) is 5.06. The molecule has 0 amide bonds. The maximum absolute atomic E-state index is 13.1. The van der Waals surface area contributed by atoms with Crippen molar-refractivity contribution < 1.29 is 13.2 Å². The van der Waals surface area contributed by atoms with E-state index in [4.69, 9.17) is 4.74 Å². The van der Waals surface area contributed by atoms with Gasteiger partial charge in [0, 0.05) is 5.39 Å². The van der Waals surface area contributed by atoms with Crippen LogP contribution in [0.25, 0.3) is 10.8 Å². The third-order valence-corrected chi connectivity index (χ3v) is 6.73. The van der Waals surface area contributed by atoms with E-state index in [1.54, 1.807) is 33.1 Å². The van der Waals surface area contributed by atoms with Crippen LogP contribution < -0.4 is 9.46 Å². The average molecular weight is 367 g/mol. The van der Waals surface area contributed by atoms with E-state index >= 15 is 0 Å². The van der Waals surface area contributed by atoms with Gasteiger partial charge in [-0.05, 0) is 72.5 Å². The number of sulfonamides is 1. The van der Waals surface area contributed by atoms with Gasteiger partial charge in [-0.3, -0.25) is 4.72 Å². The molecule has 0 heterocycles. The molecule has 0 saturated carbocycles. The van der Waals surface area contributed by atoms with Crippen LogP contribution in [0.2, 0.25) is 0 Å². The van der Waals surface area contributed by atoms with Crippen molar-refractivity contribution in [1.29, 1.82) is 0 Å². The highest BCUT2D eigenvalue weighted by Crippen LogP contribution is 2.36. The molecule has 0 bridgehead atoms. The number of aryl methyl sites for hydroxylation is 4. The minimum atomic E-state index is -3.70. The predicted molar refractivity (Wildman–Crippen MR) is 105 cm³/mol. The summed E-state index contributed by atoms with van der Waals surface area (Å²) >= 11 is 0. The van der Waals surface area contributed by atoms with Crippen LogP contribution in [0.4, 0.5) is 5.69 Å². The van der Waals surface area contributed by atoms with Crippen LogP contribution in [0, 0.1) is 13.8 Å². The van der Waals surface area contributed by atoms with E-state index < -0.39 is 10.0 Å². The third kappa shape index (κ3) is 2.63. The lowest BCUT2D eigenvalue weighted by molar-refractivity contribution is 0.413. The van der Waals surface area contributed by atoms with Gasteiger partial charge in [-0.2, -0.15) is 0 Å². The zero-order valence-electron chi connectivity index (χ0n) is 15.1. The molecule has 0 unspecified atom stereocenters. The molecule has 134 valence electrons. The Balaban J connectivity index is 1.82. The number of hydrogen-bond acceptors (Lipinski definition) is 3. The number of ether oxygens (including phenoxy) is 1. The fraction of sp³-hybridized carbons (Fsp3) is 0.238. The summed E-state index contributed by atoms with van der Waals surface area (Å²) in [5.74, 6) is 0.657. The Morgan fingerprint density at radius 3 is 2.27 bits per heavy atom. The van der Waals surface area contributed by atoms with Crippen LogP contribution in [0.1, 0.15) is 22.3 Å².